The molecule has 1 N–H and O–H groups in total. The van der Waals surface area contributed by atoms with Crippen molar-refractivity contribution in [3.05, 3.63) is 29.3 Å². The van der Waals surface area contributed by atoms with Crippen LogP contribution in [0.1, 0.15) is 17.5 Å². The van der Waals surface area contributed by atoms with Gasteiger partial charge in [-0.15, -0.1) is 0 Å². The van der Waals surface area contributed by atoms with Crippen LogP contribution in [0.3, 0.4) is 0 Å². The molecule has 9 heteroatoms. The molecular weight excluding hydrogens is 304 g/mol. The van der Waals surface area contributed by atoms with Crippen LogP contribution in [0.5, 0.6) is 0 Å². The molecule has 0 atom stereocenters. The number of amides is 1. The van der Waals surface area contributed by atoms with Gasteiger partial charge in [0.05, 0.1) is 5.56 Å². The lowest BCUT2D eigenvalue weighted by atomic mass is 10.0. The van der Waals surface area contributed by atoms with Crippen LogP contribution >= 0.6 is 0 Å². The lowest BCUT2D eigenvalue weighted by molar-refractivity contribution is -0.167. The summed E-state index contributed by atoms with van der Waals surface area (Å²) in [5.74, 6) is -2.37. The maximum Gasteiger partial charge on any atom is 0.471 e. The van der Waals surface area contributed by atoms with Crippen LogP contribution in [0.4, 0.5) is 32.0 Å². The van der Waals surface area contributed by atoms with Crippen molar-refractivity contribution in [3.63, 3.8) is 0 Å². The standard InChI is InChI=1S/C12H9F6NO2/c13-11(14,15)8-4-7(2-1-3-20)5-9(6-8)19-10(21)12(16,17)18/h3-6H,1-2H2,(H,19,21). The number of hydrogen-bond acceptors (Lipinski definition) is 2. The monoisotopic (exact) mass is 313 g/mol. The normalized spacial score (nSPS) is 12.1. The largest absolute Gasteiger partial charge is 0.471 e. The lowest BCUT2D eigenvalue weighted by Gasteiger charge is -2.13. The third kappa shape index (κ3) is 5.09. The van der Waals surface area contributed by atoms with E-state index in [1.165, 1.54) is 5.32 Å². The number of hydrogen-bond donors (Lipinski definition) is 1. The molecule has 0 radical (unpaired) electrons. The van der Waals surface area contributed by atoms with Crippen LogP contribution in [0, 0.1) is 0 Å². The Kier molecular flexibility index (Phi) is 4.97. The SMILES string of the molecule is O=CCCc1cc(NC(=O)C(F)(F)F)cc(C(F)(F)F)c1. The average molecular weight is 313 g/mol. The van der Waals surface area contributed by atoms with Crippen molar-refractivity contribution in [3.8, 4) is 0 Å². The van der Waals surface area contributed by atoms with Crippen molar-refractivity contribution in [2.24, 2.45) is 0 Å². The van der Waals surface area contributed by atoms with Crippen LogP contribution in [0.15, 0.2) is 18.2 Å². The Morgan fingerprint density at radius 3 is 2.19 bits per heavy atom. The fourth-order valence-electron chi connectivity index (χ4n) is 1.50. The average Bonchev–Trinajstić information content (AvgIpc) is 2.34. The van der Waals surface area contributed by atoms with E-state index >= 15 is 0 Å². The molecule has 3 nitrogen and oxygen atoms in total. The van der Waals surface area contributed by atoms with E-state index < -0.39 is 29.5 Å². The second-order valence-corrected chi connectivity index (χ2v) is 4.07. The van der Waals surface area contributed by atoms with E-state index in [2.05, 4.69) is 0 Å². The molecular formula is C12H9F6NO2. The number of nitrogens with one attached hydrogen (secondary N) is 1. The van der Waals surface area contributed by atoms with E-state index in [9.17, 15) is 35.9 Å². The Labute approximate surface area is 114 Å². The minimum Gasteiger partial charge on any atom is -0.318 e. The highest BCUT2D eigenvalue weighted by Gasteiger charge is 2.39. The minimum atomic E-state index is -5.21. The number of aryl methyl sites for hydroxylation is 1. The topological polar surface area (TPSA) is 46.2 Å². The summed E-state index contributed by atoms with van der Waals surface area (Å²) in [4.78, 5) is 21.0. The fourth-order valence-corrected chi connectivity index (χ4v) is 1.50. The second-order valence-electron chi connectivity index (χ2n) is 4.07. The quantitative estimate of drug-likeness (QED) is 0.684. The summed E-state index contributed by atoms with van der Waals surface area (Å²) in [6, 6.07) is 2.07. The van der Waals surface area contributed by atoms with E-state index in [1.54, 1.807) is 0 Å². The number of anilines is 1. The zero-order valence-electron chi connectivity index (χ0n) is 10.3. The highest BCUT2D eigenvalue weighted by atomic mass is 19.4. The number of carbonyl (C=O) groups excluding carboxylic acids is 2. The maximum absolute atomic E-state index is 12.6. The smallest absolute Gasteiger partial charge is 0.318 e. The predicted molar refractivity (Wildman–Crippen MR) is 60.5 cm³/mol. The van der Waals surface area contributed by atoms with Gasteiger partial charge in [-0.1, -0.05) is 0 Å². The van der Waals surface area contributed by atoms with Crippen molar-refractivity contribution >= 4 is 17.9 Å². The van der Waals surface area contributed by atoms with Crippen molar-refractivity contribution in [1.82, 2.24) is 0 Å². The number of benzene rings is 1. The Morgan fingerprint density at radius 1 is 1.10 bits per heavy atom. The first kappa shape index (κ1) is 17.0. The van der Waals surface area contributed by atoms with Gasteiger partial charge in [0.15, 0.2) is 0 Å². The van der Waals surface area contributed by atoms with Gasteiger partial charge < -0.3 is 10.1 Å². The third-order valence-electron chi connectivity index (χ3n) is 2.39. The van der Waals surface area contributed by atoms with Crippen LogP contribution < -0.4 is 5.32 Å². The number of halogens is 6. The van der Waals surface area contributed by atoms with E-state index in [0.29, 0.717) is 18.4 Å². The first-order valence-corrected chi connectivity index (χ1v) is 5.57. The molecule has 0 saturated carbocycles. The molecule has 0 saturated heterocycles. The highest BCUT2D eigenvalue weighted by molar-refractivity contribution is 5.95. The van der Waals surface area contributed by atoms with Gasteiger partial charge in [-0.25, -0.2) is 0 Å². The van der Waals surface area contributed by atoms with Gasteiger partial charge in [-0.2, -0.15) is 26.3 Å². The van der Waals surface area contributed by atoms with Crippen molar-refractivity contribution in [2.75, 3.05) is 5.32 Å². The van der Waals surface area contributed by atoms with Gasteiger partial charge in [0.25, 0.3) is 0 Å². The molecule has 0 aliphatic carbocycles. The van der Waals surface area contributed by atoms with Crippen LogP contribution in [-0.4, -0.2) is 18.4 Å². The highest BCUT2D eigenvalue weighted by Crippen LogP contribution is 2.32. The summed E-state index contributed by atoms with van der Waals surface area (Å²) < 4.78 is 74.2. The summed E-state index contributed by atoms with van der Waals surface area (Å²) in [7, 11) is 0. The molecule has 21 heavy (non-hydrogen) atoms. The molecule has 1 aromatic rings. The maximum atomic E-state index is 12.6. The van der Waals surface area contributed by atoms with Crippen LogP contribution in [0.2, 0.25) is 0 Å². The minimum absolute atomic E-state index is 0.00519. The van der Waals surface area contributed by atoms with E-state index in [-0.39, 0.29) is 18.4 Å². The van der Waals surface area contributed by atoms with E-state index in [0.717, 1.165) is 6.07 Å². The summed E-state index contributed by atoms with van der Waals surface area (Å²) in [5, 5.41) is 1.36. The fraction of sp³-hybridized carbons (Fsp3) is 0.333. The van der Waals surface area contributed by atoms with Crippen LogP contribution in [0.25, 0.3) is 0 Å². The second kappa shape index (κ2) is 6.15. The van der Waals surface area contributed by atoms with Gasteiger partial charge in [-0.05, 0) is 30.2 Å². The number of aldehydes is 1. The van der Waals surface area contributed by atoms with Crippen molar-refractivity contribution in [1.29, 1.82) is 0 Å². The zero-order chi connectivity index (χ0) is 16.3. The van der Waals surface area contributed by atoms with Crippen molar-refractivity contribution < 1.29 is 35.9 Å². The summed E-state index contributed by atoms with van der Waals surface area (Å²) in [5.41, 5.74) is -1.84. The first-order chi connectivity index (χ1) is 9.54. The van der Waals surface area contributed by atoms with Gasteiger partial charge in [0, 0.05) is 12.1 Å². The van der Waals surface area contributed by atoms with E-state index in [4.69, 9.17) is 0 Å². The molecule has 0 unspecified atom stereocenters. The van der Waals surface area contributed by atoms with Gasteiger partial charge >= 0.3 is 18.3 Å². The summed E-state index contributed by atoms with van der Waals surface area (Å²) in [6.07, 6.45) is -9.70. The molecule has 116 valence electrons. The predicted octanol–water partition coefficient (Wildman–Crippen LogP) is 3.34. The molecule has 0 aliphatic heterocycles. The molecule has 0 spiro atoms. The third-order valence-corrected chi connectivity index (χ3v) is 2.39. The number of carbonyl (C=O) groups is 2. The summed E-state index contributed by atoms with van der Waals surface area (Å²) >= 11 is 0. The Morgan fingerprint density at radius 2 is 1.71 bits per heavy atom. The zero-order valence-corrected chi connectivity index (χ0v) is 10.3. The van der Waals surface area contributed by atoms with Crippen molar-refractivity contribution in [2.45, 2.75) is 25.2 Å². The molecule has 0 bridgehead atoms. The Hall–Kier alpha value is -2.06. The van der Waals surface area contributed by atoms with E-state index in [1.807, 2.05) is 0 Å². The number of alkyl halides is 6. The lowest BCUT2D eigenvalue weighted by Crippen LogP contribution is -2.30. The summed E-state index contributed by atoms with van der Waals surface area (Å²) in [6.45, 7) is 0. The molecule has 0 heterocycles. The molecule has 0 aromatic heterocycles. The molecule has 0 fully saturated rings. The van der Waals surface area contributed by atoms with Crippen LogP contribution in [-0.2, 0) is 22.2 Å². The molecule has 0 aliphatic rings. The molecule has 1 rings (SSSR count). The Balaban J connectivity index is 3.13. The molecule has 1 amide bonds. The molecule has 1 aromatic carbocycles. The van der Waals surface area contributed by atoms with Gasteiger partial charge in [0.1, 0.15) is 6.29 Å². The van der Waals surface area contributed by atoms with Gasteiger partial charge in [0.2, 0.25) is 0 Å². The Bertz CT molecular complexity index is 536. The number of rotatable bonds is 4. The van der Waals surface area contributed by atoms with Gasteiger partial charge in [-0.3, -0.25) is 4.79 Å². The first-order valence-electron chi connectivity index (χ1n) is 5.57.